The van der Waals surface area contributed by atoms with Crippen molar-refractivity contribution in [2.24, 2.45) is 17.8 Å². The maximum absolute atomic E-state index is 13.6. The number of benzene rings is 1. The number of rotatable bonds is 5. The van der Waals surface area contributed by atoms with Gasteiger partial charge in [0, 0.05) is 37.1 Å². The number of fused-ring (bicyclic) bond motifs is 3. The summed E-state index contributed by atoms with van der Waals surface area (Å²) in [6.45, 7) is 1.33. The molecule has 2 heterocycles. The first-order valence-corrected chi connectivity index (χ1v) is 9.98. The molecule has 2 aliphatic rings. The van der Waals surface area contributed by atoms with Gasteiger partial charge in [-0.2, -0.15) is 0 Å². The molecular formula is C24H23N3O. The van der Waals surface area contributed by atoms with Gasteiger partial charge in [0.05, 0.1) is 0 Å². The highest BCUT2D eigenvalue weighted by Gasteiger charge is 2.37. The average Bonchev–Trinajstić information content (AvgIpc) is 3.36. The molecule has 28 heavy (non-hydrogen) atoms. The molecule has 3 aromatic rings. The van der Waals surface area contributed by atoms with E-state index in [1.54, 1.807) is 12.4 Å². The van der Waals surface area contributed by atoms with Crippen LogP contribution in [0.25, 0.3) is 10.8 Å². The predicted octanol–water partition coefficient (Wildman–Crippen LogP) is 4.48. The van der Waals surface area contributed by atoms with Gasteiger partial charge in [-0.25, -0.2) is 0 Å². The summed E-state index contributed by atoms with van der Waals surface area (Å²) in [5, 5.41) is 1.96. The maximum atomic E-state index is 13.6. The number of pyridine rings is 2. The van der Waals surface area contributed by atoms with Crippen LogP contribution in [0.3, 0.4) is 0 Å². The van der Waals surface area contributed by atoms with Crippen molar-refractivity contribution in [3.63, 3.8) is 0 Å². The lowest BCUT2D eigenvalue weighted by Gasteiger charge is -2.29. The number of amides is 1. The van der Waals surface area contributed by atoms with E-state index >= 15 is 0 Å². The Kier molecular flexibility index (Phi) is 4.40. The van der Waals surface area contributed by atoms with Gasteiger partial charge in [-0.1, -0.05) is 42.5 Å². The Labute approximate surface area is 164 Å². The van der Waals surface area contributed by atoms with Crippen molar-refractivity contribution in [1.29, 1.82) is 0 Å². The fourth-order valence-corrected chi connectivity index (χ4v) is 4.76. The molecular weight excluding hydrogens is 346 g/mol. The fourth-order valence-electron chi connectivity index (χ4n) is 4.76. The van der Waals surface area contributed by atoms with E-state index in [0.717, 1.165) is 22.9 Å². The highest BCUT2D eigenvalue weighted by molar-refractivity contribution is 6.05. The van der Waals surface area contributed by atoms with Crippen LogP contribution >= 0.6 is 0 Å². The smallest absolute Gasteiger partial charge is 0.273 e. The molecule has 2 aromatic heterocycles. The van der Waals surface area contributed by atoms with Crippen LogP contribution in [0.5, 0.6) is 0 Å². The second-order valence-corrected chi connectivity index (χ2v) is 7.97. The van der Waals surface area contributed by atoms with Crippen LogP contribution < -0.4 is 0 Å². The van der Waals surface area contributed by atoms with E-state index in [1.165, 1.54) is 12.8 Å². The molecule has 1 fully saturated rings. The second-order valence-electron chi connectivity index (χ2n) is 7.97. The highest BCUT2D eigenvalue weighted by Crippen LogP contribution is 2.43. The monoisotopic (exact) mass is 369 g/mol. The number of hydrogen-bond donors (Lipinski definition) is 0. The Balaban J connectivity index is 1.47. The summed E-state index contributed by atoms with van der Waals surface area (Å²) in [4.78, 5) is 24.3. The van der Waals surface area contributed by atoms with Gasteiger partial charge in [-0.3, -0.25) is 14.8 Å². The third-order valence-electron chi connectivity index (χ3n) is 6.13. The van der Waals surface area contributed by atoms with Crippen molar-refractivity contribution >= 4 is 16.7 Å². The van der Waals surface area contributed by atoms with Crippen LogP contribution in [0.2, 0.25) is 0 Å². The van der Waals surface area contributed by atoms with E-state index in [1.807, 2.05) is 53.6 Å². The molecule has 1 saturated carbocycles. The summed E-state index contributed by atoms with van der Waals surface area (Å²) in [6, 6.07) is 13.9. The quantitative estimate of drug-likeness (QED) is 0.623. The van der Waals surface area contributed by atoms with E-state index in [0.29, 0.717) is 30.0 Å². The molecule has 2 aliphatic carbocycles. The van der Waals surface area contributed by atoms with E-state index in [9.17, 15) is 4.79 Å². The Morgan fingerprint density at radius 2 is 1.96 bits per heavy atom. The van der Waals surface area contributed by atoms with Crippen LogP contribution in [0.4, 0.5) is 0 Å². The van der Waals surface area contributed by atoms with E-state index in [4.69, 9.17) is 0 Å². The zero-order valence-corrected chi connectivity index (χ0v) is 15.7. The molecule has 0 aliphatic heterocycles. The van der Waals surface area contributed by atoms with Crippen molar-refractivity contribution in [3.05, 3.63) is 84.5 Å². The van der Waals surface area contributed by atoms with E-state index < -0.39 is 0 Å². The largest absolute Gasteiger partial charge is 0.333 e. The number of hydrogen-bond acceptors (Lipinski definition) is 3. The van der Waals surface area contributed by atoms with Crippen LogP contribution in [0.1, 0.15) is 28.9 Å². The minimum atomic E-state index is 0.00686. The Morgan fingerprint density at radius 3 is 2.75 bits per heavy atom. The SMILES string of the molecule is O=C(c1nccc2ccccc12)N(Cc1cccnc1)C[C@H]1C[C@@H]2C=C[C@H]1C2. The summed E-state index contributed by atoms with van der Waals surface area (Å²) in [5.74, 6) is 1.84. The van der Waals surface area contributed by atoms with Gasteiger partial charge in [0.1, 0.15) is 5.69 Å². The van der Waals surface area contributed by atoms with Gasteiger partial charge in [-0.05, 0) is 53.7 Å². The Morgan fingerprint density at radius 1 is 1.04 bits per heavy atom. The molecule has 2 bridgehead atoms. The van der Waals surface area contributed by atoms with Crippen LogP contribution in [-0.4, -0.2) is 27.3 Å². The zero-order valence-electron chi connectivity index (χ0n) is 15.7. The van der Waals surface area contributed by atoms with Crippen LogP contribution in [0, 0.1) is 17.8 Å². The lowest BCUT2D eigenvalue weighted by Crippen LogP contribution is -2.36. The van der Waals surface area contributed by atoms with Gasteiger partial charge in [-0.15, -0.1) is 0 Å². The first-order chi connectivity index (χ1) is 13.8. The average molecular weight is 369 g/mol. The molecule has 0 unspecified atom stereocenters. The summed E-state index contributed by atoms with van der Waals surface area (Å²) in [7, 11) is 0. The van der Waals surface area contributed by atoms with Crippen LogP contribution in [-0.2, 0) is 6.54 Å². The second kappa shape index (κ2) is 7.19. The molecule has 4 nitrogen and oxygen atoms in total. The minimum absolute atomic E-state index is 0.00686. The van der Waals surface area contributed by atoms with Crippen molar-refractivity contribution in [2.75, 3.05) is 6.54 Å². The van der Waals surface area contributed by atoms with Gasteiger partial charge < -0.3 is 4.90 Å². The molecule has 0 N–H and O–H groups in total. The topological polar surface area (TPSA) is 46.1 Å². The number of nitrogens with zero attached hydrogens (tertiary/aromatic N) is 3. The summed E-state index contributed by atoms with van der Waals surface area (Å²) < 4.78 is 0. The molecule has 0 saturated heterocycles. The molecule has 5 rings (SSSR count). The predicted molar refractivity (Wildman–Crippen MR) is 110 cm³/mol. The molecule has 0 spiro atoms. The molecule has 0 radical (unpaired) electrons. The standard InChI is InChI=1S/C24H23N3O/c28-24(23-22-6-2-1-5-19(22)9-11-26-23)27(15-18-4-3-10-25-14-18)16-21-13-17-7-8-20(21)12-17/h1-11,14,17,20-21H,12-13,15-16H2/t17-,20+,21-/m1/s1. The lowest BCUT2D eigenvalue weighted by atomic mass is 9.92. The molecule has 140 valence electrons. The van der Waals surface area contributed by atoms with Crippen molar-refractivity contribution in [2.45, 2.75) is 19.4 Å². The van der Waals surface area contributed by atoms with Crippen LogP contribution in [0.15, 0.2) is 73.2 Å². The van der Waals surface area contributed by atoms with Crippen molar-refractivity contribution in [3.8, 4) is 0 Å². The number of allylic oxidation sites excluding steroid dienone is 2. The first-order valence-electron chi connectivity index (χ1n) is 9.98. The highest BCUT2D eigenvalue weighted by atomic mass is 16.2. The first kappa shape index (κ1) is 17.1. The third-order valence-corrected chi connectivity index (χ3v) is 6.13. The number of carbonyl (C=O) groups is 1. The Hall–Kier alpha value is -3.01. The van der Waals surface area contributed by atoms with E-state index in [-0.39, 0.29) is 5.91 Å². The molecule has 4 heteroatoms. The van der Waals surface area contributed by atoms with Gasteiger partial charge in [0.2, 0.25) is 0 Å². The maximum Gasteiger partial charge on any atom is 0.273 e. The van der Waals surface area contributed by atoms with Crippen molar-refractivity contribution in [1.82, 2.24) is 14.9 Å². The lowest BCUT2D eigenvalue weighted by molar-refractivity contribution is 0.0701. The van der Waals surface area contributed by atoms with Gasteiger partial charge in [0.25, 0.3) is 5.91 Å². The summed E-state index contributed by atoms with van der Waals surface area (Å²) in [5.41, 5.74) is 1.59. The normalized spacial score (nSPS) is 22.6. The molecule has 3 atom stereocenters. The summed E-state index contributed by atoms with van der Waals surface area (Å²) in [6.07, 6.45) is 12.5. The van der Waals surface area contributed by atoms with Gasteiger partial charge in [0.15, 0.2) is 0 Å². The molecule has 1 amide bonds. The molecule has 1 aromatic carbocycles. The van der Waals surface area contributed by atoms with E-state index in [2.05, 4.69) is 22.1 Å². The fraction of sp³-hybridized carbons (Fsp3) is 0.292. The van der Waals surface area contributed by atoms with Crippen molar-refractivity contribution < 1.29 is 4.79 Å². The minimum Gasteiger partial charge on any atom is -0.333 e. The number of aromatic nitrogens is 2. The number of carbonyl (C=O) groups excluding carboxylic acids is 1. The zero-order chi connectivity index (χ0) is 18.9. The Bertz CT molecular complexity index is 1020. The summed E-state index contributed by atoms with van der Waals surface area (Å²) >= 11 is 0. The van der Waals surface area contributed by atoms with Gasteiger partial charge >= 0.3 is 0 Å². The third kappa shape index (κ3) is 3.19.